The number of hydrogen-bond acceptors (Lipinski definition) is 2. The zero-order valence-electron chi connectivity index (χ0n) is 8.18. The monoisotopic (exact) mass is 195 g/mol. The molecule has 0 saturated carbocycles. The van der Waals surface area contributed by atoms with Crippen molar-refractivity contribution in [2.45, 2.75) is 32.6 Å². The van der Waals surface area contributed by atoms with E-state index in [9.17, 15) is 0 Å². The summed E-state index contributed by atoms with van der Waals surface area (Å²) in [6, 6.07) is 0. The molecule has 0 fully saturated rings. The predicted molar refractivity (Wildman–Crippen MR) is 58.3 cm³/mol. The lowest BCUT2D eigenvalue weighted by Crippen LogP contribution is -2.12. The molecule has 0 aromatic carbocycles. The maximum atomic E-state index is 5.59. The number of thiophene rings is 1. The van der Waals surface area contributed by atoms with Crippen LogP contribution in [0.3, 0.4) is 0 Å². The maximum absolute atomic E-state index is 5.59. The molecule has 2 rings (SSSR count). The van der Waals surface area contributed by atoms with Crippen molar-refractivity contribution in [3.05, 3.63) is 21.4 Å². The zero-order chi connectivity index (χ0) is 9.26. The maximum Gasteiger partial charge on any atom is 0.00802 e. The number of rotatable bonds is 2. The third kappa shape index (κ3) is 1.79. The summed E-state index contributed by atoms with van der Waals surface area (Å²) in [5.74, 6) is 0.874. The molecule has 1 aromatic rings. The van der Waals surface area contributed by atoms with Gasteiger partial charge in [0.2, 0.25) is 0 Å². The molecule has 1 nitrogen and oxygen atoms in total. The number of aryl methyl sites for hydroxylation is 1. The van der Waals surface area contributed by atoms with Crippen LogP contribution < -0.4 is 5.73 Å². The van der Waals surface area contributed by atoms with E-state index in [4.69, 9.17) is 5.73 Å². The first-order valence-corrected chi connectivity index (χ1v) is 5.97. The highest BCUT2D eigenvalue weighted by molar-refractivity contribution is 7.10. The van der Waals surface area contributed by atoms with Gasteiger partial charge in [0.25, 0.3) is 0 Å². The van der Waals surface area contributed by atoms with Crippen LogP contribution in [-0.2, 0) is 19.3 Å². The molecule has 0 radical (unpaired) electrons. The highest BCUT2D eigenvalue weighted by Gasteiger charge is 2.19. The van der Waals surface area contributed by atoms with Crippen LogP contribution in [0, 0.1) is 5.92 Å². The molecule has 72 valence electrons. The van der Waals surface area contributed by atoms with Crippen molar-refractivity contribution in [2.24, 2.45) is 11.7 Å². The quantitative estimate of drug-likeness (QED) is 0.770. The highest BCUT2D eigenvalue weighted by Crippen LogP contribution is 2.32. The van der Waals surface area contributed by atoms with Crippen molar-refractivity contribution >= 4 is 11.3 Å². The number of hydrogen-bond donors (Lipinski definition) is 1. The molecule has 1 aromatic heterocycles. The molecule has 2 heteroatoms. The van der Waals surface area contributed by atoms with E-state index in [1.165, 1.54) is 24.8 Å². The highest BCUT2D eigenvalue weighted by atomic mass is 32.1. The molecular formula is C11H17NS. The summed E-state index contributed by atoms with van der Waals surface area (Å²) in [7, 11) is 0. The molecule has 0 aliphatic heterocycles. The first kappa shape index (κ1) is 9.22. The van der Waals surface area contributed by atoms with Gasteiger partial charge in [-0.2, -0.15) is 0 Å². The van der Waals surface area contributed by atoms with E-state index in [1.54, 1.807) is 10.4 Å². The van der Waals surface area contributed by atoms with Gasteiger partial charge in [-0.3, -0.25) is 0 Å². The van der Waals surface area contributed by atoms with Crippen molar-refractivity contribution < 1.29 is 0 Å². The van der Waals surface area contributed by atoms with E-state index in [2.05, 4.69) is 12.3 Å². The second-order valence-corrected chi connectivity index (χ2v) is 5.01. The van der Waals surface area contributed by atoms with Crippen LogP contribution in [0.25, 0.3) is 0 Å². The first-order valence-electron chi connectivity index (χ1n) is 5.09. The smallest absolute Gasteiger partial charge is 0.00802 e. The van der Waals surface area contributed by atoms with E-state index in [0.29, 0.717) is 0 Å². The Labute approximate surface area is 84.0 Å². The van der Waals surface area contributed by atoms with Crippen molar-refractivity contribution in [1.29, 1.82) is 0 Å². The Morgan fingerprint density at radius 3 is 3.23 bits per heavy atom. The van der Waals surface area contributed by atoms with Gasteiger partial charge < -0.3 is 5.73 Å². The first-order chi connectivity index (χ1) is 6.31. The predicted octanol–water partition coefficient (Wildman–Crippen LogP) is 2.37. The van der Waals surface area contributed by atoms with Crippen LogP contribution in [-0.4, -0.2) is 6.54 Å². The molecule has 0 bridgehead atoms. The molecule has 1 atom stereocenters. The van der Waals surface area contributed by atoms with E-state index in [1.807, 2.05) is 11.3 Å². The molecule has 1 unspecified atom stereocenters. The SMILES string of the molecule is CC1CCc2scc(CCN)c2C1. The van der Waals surface area contributed by atoms with Crippen LogP contribution >= 0.6 is 11.3 Å². The molecule has 0 spiro atoms. The van der Waals surface area contributed by atoms with Crippen LogP contribution in [0.2, 0.25) is 0 Å². The lowest BCUT2D eigenvalue weighted by molar-refractivity contribution is 0.504. The fraction of sp³-hybridized carbons (Fsp3) is 0.636. The summed E-state index contributed by atoms with van der Waals surface area (Å²) in [5.41, 5.74) is 8.75. The van der Waals surface area contributed by atoms with Crippen molar-refractivity contribution in [1.82, 2.24) is 0 Å². The number of nitrogens with two attached hydrogens (primary N) is 1. The van der Waals surface area contributed by atoms with Crippen molar-refractivity contribution in [3.8, 4) is 0 Å². The van der Waals surface area contributed by atoms with Crippen LogP contribution in [0.1, 0.15) is 29.3 Å². The minimum absolute atomic E-state index is 0.789. The fourth-order valence-corrected chi connectivity index (χ4v) is 3.25. The molecular weight excluding hydrogens is 178 g/mol. The van der Waals surface area contributed by atoms with Gasteiger partial charge in [0, 0.05) is 4.88 Å². The topological polar surface area (TPSA) is 26.0 Å². The Bertz CT molecular complexity index is 290. The largest absolute Gasteiger partial charge is 0.330 e. The zero-order valence-corrected chi connectivity index (χ0v) is 8.99. The van der Waals surface area contributed by atoms with Crippen LogP contribution in [0.15, 0.2) is 5.38 Å². The van der Waals surface area contributed by atoms with E-state index in [0.717, 1.165) is 18.9 Å². The third-order valence-corrected chi connectivity index (χ3v) is 4.04. The van der Waals surface area contributed by atoms with Gasteiger partial charge in [-0.15, -0.1) is 11.3 Å². The molecule has 0 saturated heterocycles. The van der Waals surface area contributed by atoms with E-state index >= 15 is 0 Å². The molecule has 1 heterocycles. The minimum atomic E-state index is 0.789. The number of fused-ring (bicyclic) bond motifs is 1. The normalized spacial score (nSPS) is 21.5. The van der Waals surface area contributed by atoms with E-state index < -0.39 is 0 Å². The van der Waals surface area contributed by atoms with Gasteiger partial charge in [0.05, 0.1) is 0 Å². The Hall–Kier alpha value is -0.340. The van der Waals surface area contributed by atoms with Gasteiger partial charge >= 0.3 is 0 Å². The Morgan fingerprint density at radius 2 is 2.46 bits per heavy atom. The summed E-state index contributed by atoms with van der Waals surface area (Å²) in [6.07, 6.45) is 5.02. The second-order valence-electron chi connectivity index (χ2n) is 4.05. The summed E-state index contributed by atoms with van der Waals surface area (Å²) in [5, 5.41) is 2.32. The van der Waals surface area contributed by atoms with Crippen molar-refractivity contribution in [2.75, 3.05) is 6.54 Å². The Balaban J connectivity index is 2.25. The minimum Gasteiger partial charge on any atom is -0.330 e. The Kier molecular flexibility index (Phi) is 2.70. The fourth-order valence-electron chi connectivity index (χ4n) is 2.11. The average molecular weight is 195 g/mol. The summed E-state index contributed by atoms with van der Waals surface area (Å²) in [4.78, 5) is 1.63. The third-order valence-electron chi connectivity index (χ3n) is 2.90. The second kappa shape index (κ2) is 3.81. The van der Waals surface area contributed by atoms with Crippen LogP contribution in [0.5, 0.6) is 0 Å². The van der Waals surface area contributed by atoms with Gasteiger partial charge in [0.1, 0.15) is 0 Å². The lowest BCUT2D eigenvalue weighted by Gasteiger charge is -2.19. The summed E-state index contributed by atoms with van der Waals surface area (Å²) >= 11 is 1.94. The van der Waals surface area contributed by atoms with Crippen LogP contribution in [0.4, 0.5) is 0 Å². The standard InChI is InChI=1S/C11H17NS/c1-8-2-3-11-10(6-8)9(4-5-12)7-13-11/h7-8H,2-6,12H2,1H3. The molecule has 0 amide bonds. The van der Waals surface area contributed by atoms with Crippen molar-refractivity contribution in [3.63, 3.8) is 0 Å². The summed E-state index contributed by atoms with van der Waals surface area (Å²) < 4.78 is 0. The van der Waals surface area contributed by atoms with E-state index in [-0.39, 0.29) is 0 Å². The average Bonchev–Trinajstić information content (AvgIpc) is 2.49. The molecule has 1 aliphatic rings. The molecule has 2 N–H and O–H groups in total. The van der Waals surface area contributed by atoms with Gasteiger partial charge in [0.15, 0.2) is 0 Å². The molecule has 1 aliphatic carbocycles. The van der Waals surface area contributed by atoms with Gasteiger partial charge in [-0.1, -0.05) is 6.92 Å². The van der Waals surface area contributed by atoms with Gasteiger partial charge in [-0.25, -0.2) is 0 Å². The summed E-state index contributed by atoms with van der Waals surface area (Å²) in [6.45, 7) is 3.14. The molecule has 13 heavy (non-hydrogen) atoms. The van der Waals surface area contributed by atoms with Gasteiger partial charge in [-0.05, 0) is 54.7 Å². The Morgan fingerprint density at radius 1 is 1.62 bits per heavy atom. The lowest BCUT2D eigenvalue weighted by atomic mass is 9.87.